The molecule has 1 amide bonds. The predicted molar refractivity (Wildman–Crippen MR) is 105 cm³/mol. The van der Waals surface area contributed by atoms with Crippen LogP contribution in [0.2, 0.25) is 0 Å². The number of aryl methyl sites for hydroxylation is 1. The van der Waals surface area contributed by atoms with Crippen molar-refractivity contribution in [2.45, 2.75) is 19.4 Å². The molecule has 3 aromatic carbocycles. The van der Waals surface area contributed by atoms with Gasteiger partial charge in [-0.3, -0.25) is 0 Å². The number of benzene rings is 3. The maximum atomic E-state index is 12.2. The molecule has 0 aliphatic heterocycles. The van der Waals surface area contributed by atoms with Gasteiger partial charge in [-0.15, -0.1) is 0 Å². The number of phenols is 1. The van der Waals surface area contributed by atoms with Crippen LogP contribution in [0.3, 0.4) is 0 Å². The van der Waals surface area contributed by atoms with Crippen LogP contribution >= 0.6 is 0 Å². The number of carbonyl (C=O) groups excluding carboxylic acids is 1. The van der Waals surface area contributed by atoms with E-state index in [0.717, 1.165) is 11.1 Å². The Kier molecular flexibility index (Phi) is 4.55. The molecule has 0 fully saturated rings. The number of nitrogens with one attached hydrogen (secondary N) is 1. The number of amides is 1. The van der Waals surface area contributed by atoms with Crippen molar-refractivity contribution in [2.24, 2.45) is 0 Å². The van der Waals surface area contributed by atoms with Crippen LogP contribution in [-0.2, 0) is 11.3 Å². The lowest BCUT2D eigenvalue weighted by molar-refractivity contribution is 0.142. The van der Waals surface area contributed by atoms with E-state index in [9.17, 15) is 9.90 Å². The van der Waals surface area contributed by atoms with Crippen LogP contribution in [0, 0.1) is 6.92 Å². The molecule has 2 N–H and O–H groups in total. The third-order valence-electron chi connectivity index (χ3n) is 5.04. The lowest BCUT2D eigenvalue weighted by Gasteiger charge is -2.14. The van der Waals surface area contributed by atoms with Gasteiger partial charge >= 0.3 is 6.09 Å². The number of rotatable bonds is 4. The van der Waals surface area contributed by atoms with Crippen molar-refractivity contribution in [2.75, 3.05) is 6.61 Å². The highest BCUT2D eigenvalue weighted by atomic mass is 16.5. The molecular formula is C23H21NO3. The zero-order valence-electron chi connectivity index (χ0n) is 15.1. The van der Waals surface area contributed by atoms with Crippen molar-refractivity contribution in [3.8, 4) is 16.9 Å². The number of alkyl carbamates (subject to hydrolysis) is 1. The summed E-state index contributed by atoms with van der Waals surface area (Å²) in [4.78, 5) is 12.2. The number of hydrogen-bond donors (Lipinski definition) is 2. The van der Waals surface area contributed by atoms with Gasteiger partial charge in [-0.2, -0.15) is 0 Å². The van der Waals surface area contributed by atoms with Gasteiger partial charge in [0.25, 0.3) is 0 Å². The fraction of sp³-hybridized carbons (Fsp3) is 0.174. The Morgan fingerprint density at radius 1 is 1.00 bits per heavy atom. The summed E-state index contributed by atoms with van der Waals surface area (Å²) in [5, 5.41) is 12.3. The smallest absolute Gasteiger partial charge is 0.407 e. The second-order valence-corrected chi connectivity index (χ2v) is 6.80. The van der Waals surface area contributed by atoms with E-state index in [-0.39, 0.29) is 11.7 Å². The Bertz CT molecular complexity index is 951. The third-order valence-corrected chi connectivity index (χ3v) is 5.04. The number of aromatic hydroxyl groups is 1. The SMILES string of the molecule is Cc1cc(CNC(=O)OCC2c3ccccc3-c3ccccc32)ccc1O. The molecule has 27 heavy (non-hydrogen) atoms. The lowest BCUT2D eigenvalue weighted by Crippen LogP contribution is -2.25. The Morgan fingerprint density at radius 2 is 1.63 bits per heavy atom. The minimum atomic E-state index is -0.442. The predicted octanol–water partition coefficient (Wildman–Crippen LogP) is 4.74. The van der Waals surface area contributed by atoms with Gasteiger partial charge in [0.2, 0.25) is 0 Å². The normalized spacial score (nSPS) is 12.3. The second kappa shape index (κ2) is 7.16. The minimum Gasteiger partial charge on any atom is -0.508 e. The van der Waals surface area contributed by atoms with Crippen molar-refractivity contribution in [3.05, 3.63) is 89.0 Å². The van der Waals surface area contributed by atoms with Crippen molar-refractivity contribution in [3.63, 3.8) is 0 Å². The Morgan fingerprint density at radius 3 is 2.26 bits per heavy atom. The summed E-state index contributed by atoms with van der Waals surface area (Å²) >= 11 is 0. The maximum absolute atomic E-state index is 12.2. The van der Waals surface area contributed by atoms with E-state index in [1.54, 1.807) is 12.1 Å². The molecule has 3 aromatic rings. The standard InChI is InChI=1S/C23H21NO3/c1-15-12-16(10-11-22(15)25)13-24-23(26)27-14-21-19-8-4-2-6-17(19)18-7-3-5-9-20(18)21/h2-12,21,25H,13-14H2,1H3,(H,24,26). The monoisotopic (exact) mass is 359 g/mol. The number of phenolic OH excluding ortho intramolecular Hbond substituents is 1. The van der Waals surface area contributed by atoms with Crippen molar-refractivity contribution in [1.29, 1.82) is 0 Å². The van der Waals surface area contributed by atoms with Gasteiger partial charge in [0.05, 0.1) is 0 Å². The van der Waals surface area contributed by atoms with Crippen LogP contribution in [0.25, 0.3) is 11.1 Å². The van der Waals surface area contributed by atoms with E-state index in [0.29, 0.717) is 13.2 Å². The summed E-state index contributed by atoms with van der Waals surface area (Å²) in [5.41, 5.74) is 6.50. The highest BCUT2D eigenvalue weighted by Crippen LogP contribution is 2.44. The van der Waals surface area contributed by atoms with E-state index in [1.165, 1.54) is 22.3 Å². The van der Waals surface area contributed by atoms with Gasteiger partial charge in [0, 0.05) is 12.5 Å². The van der Waals surface area contributed by atoms with E-state index >= 15 is 0 Å². The van der Waals surface area contributed by atoms with Gasteiger partial charge in [-0.1, -0.05) is 60.7 Å². The minimum absolute atomic E-state index is 0.0547. The molecule has 136 valence electrons. The third kappa shape index (κ3) is 3.38. The highest BCUT2D eigenvalue weighted by molar-refractivity contribution is 5.79. The molecule has 0 spiro atoms. The van der Waals surface area contributed by atoms with Crippen LogP contribution in [0.5, 0.6) is 5.75 Å². The molecular weight excluding hydrogens is 338 g/mol. The zero-order valence-corrected chi connectivity index (χ0v) is 15.1. The molecule has 4 rings (SSSR count). The summed E-state index contributed by atoms with van der Waals surface area (Å²) < 4.78 is 5.52. The molecule has 4 heteroatoms. The van der Waals surface area contributed by atoms with Gasteiger partial charge in [0.15, 0.2) is 0 Å². The van der Waals surface area contributed by atoms with Crippen LogP contribution in [0.15, 0.2) is 66.7 Å². The lowest BCUT2D eigenvalue weighted by atomic mass is 9.98. The number of hydrogen-bond acceptors (Lipinski definition) is 3. The summed E-state index contributed by atoms with van der Waals surface area (Å²) in [5.74, 6) is 0.305. The first-order valence-electron chi connectivity index (χ1n) is 9.01. The molecule has 0 radical (unpaired) electrons. The van der Waals surface area contributed by atoms with Crippen LogP contribution in [-0.4, -0.2) is 17.8 Å². The van der Waals surface area contributed by atoms with E-state index in [4.69, 9.17) is 4.74 Å². The van der Waals surface area contributed by atoms with Crippen molar-refractivity contribution >= 4 is 6.09 Å². The van der Waals surface area contributed by atoms with Crippen molar-refractivity contribution < 1.29 is 14.6 Å². The Hall–Kier alpha value is -3.27. The van der Waals surface area contributed by atoms with E-state index < -0.39 is 6.09 Å². The first kappa shape index (κ1) is 17.2. The summed E-state index contributed by atoms with van der Waals surface area (Å²) in [6.45, 7) is 2.48. The summed E-state index contributed by atoms with van der Waals surface area (Å²) in [6.07, 6.45) is -0.442. The van der Waals surface area contributed by atoms with E-state index in [1.807, 2.05) is 37.3 Å². The molecule has 0 heterocycles. The molecule has 0 saturated heterocycles. The fourth-order valence-corrected chi connectivity index (χ4v) is 3.65. The molecule has 0 bridgehead atoms. The highest BCUT2D eigenvalue weighted by Gasteiger charge is 2.28. The number of carbonyl (C=O) groups is 1. The Labute approximate surface area is 158 Å². The van der Waals surface area contributed by atoms with E-state index in [2.05, 4.69) is 29.6 Å². The molecule has 1 aliphatic rings. The Balaban J connectivity index is 1.41. The molecule has 0 aromatic heterocycles. The second-order valence-electron chi connectivity index (χ2n) is 6.80. The maximum Gasteiger partial charge on any atom is 0.407 e. The number of fused-ring (bicyclic) bond motifs is 3. The summed E-state index contributed by atoms with van der Waals surface area (Å²) in [6, 6.07) is 21.8. The first-order valence-corrected chi connectivity index (χ1v) is 9.01. The molecule has 0 unspecified atom stereocenters. The molecule has 0 saturated carbocycles. The molecule has 4 nitrogen and oxygen atoms in total. The quantitative estimate of drug-likeness (QED) is 0.707. The zero-order chi connectivity index (χ0) is 18.8. The molecule has 0 atom stereocenters. The van der Waals surface area contributed by atoms with Gasteiger partial charge in [-0.25, -0.2) is 4.79 Å². The molecule has 1 aliphatic carbocycles. The van der Waals surface area contributed by atoms with Gasteiger partial charge in [-0.05, 0) is 46.4 Å². The fourth-order valence-electron chi connectivity index (χ4n) is 3.65. The first-order chi connectivity index (χ1) is 13.1. The van der Waals surface area contributed by atoms with Gasteiger partial charge < -0.3 is 15.2 Å². The largest absolute Gasteiger partial charge is 0.508 e. The van der Waals surface area contributed by atoms with Crippen LogP contribution in [0.1, 0.15) is 28.2 Å². The van der Waals surface area contributed by atoms with Crippen LogP contribution in [0.4, 0.5) is 4.79 Å². The van der Waals surface area contributed by atoms with Gasteiger partial charge in [0.1, 0.15) is 12.4 Å². The average molecular weight is 359 g/mol. The summed E-state index contributed by atoms with van der Waals surface area (Å²) in [7, 11) is 0. The topological polar surface area (TPSA) is 58.6 Å². The average Bonchev–Trinajstić information content (AvgIpc) is 3.01. The van der Waals surface area contributed by atoms with Crippen LogP contribution < -0.4 is 5.32 Å². The van der Waals surface area contributed by atoms with Crippen molar-refractivity contribution in [1.82, 2.24) is 5.32 Å². The number of ether oxygens (including phenoxy) is 1.